The minimum Gasteiger partial charge on any atom is -0.508 e. The number of phenols is 1. The van der Waals surface area contributed by atoms with Gasteiger partial charge >= 0.3 is 0 Å². The van der Waals surface area contributed by atoms with E-state index in [1.165, 1.54) is 11.3 Å². The molecule has 2 unspecified atom stereocenters. The molecule has 2 aliphatic heterocycles. The Kier molecular flexibility index (Phi) is 2.36. The van der Waals surface area contributed by atoms with Gasteiger partial charge in [-0.25, -0.2) is 0 Å². The van der Waals surface area contributed by atoms with Gasteiger partial charge in [0.05, 0.1) is 5.41 Å². The molecule has 21 heavy (non-hydrogen) atoms. The van der Waals surface area contributed by atoms with Crippen molar-refractivity contribution < 1.29 is 9.84 Å². The molecule has 3 heteroatoms. The Labute approximate surface area is 124 Å². The summed E-state index contributed by atoms with van der Waals surface area (Å²) in [4.78, 5) is 2.22. The largest absolute Gasteiger partial charge is 0.508 e. The van der Waals surface area contributed by atoms with Crippen molar-refractivity contribution in [3.05, 3.63) is 53.1 Å². The summed E-state index contributed by atoms with van der Waals surface area (Å²) in [6, 6.07) is 12.1. The van der Waals surface area contributed by atoms with Crippen LogP contribution >= 0.6 is 0 Å². The van der Waals surface area contributed by atoms with Gasteiger partial charge in [0.2, 0.25) is 0 Å². The zero-order valence-corrected chi connectivity index (χ0v) is 12.6. The molecule has 0 saturated carbocycles. The van der Waals surface area contributed by atoms with Crippen LogP contribution in [0.5, 0.6) is 11.5 Å². The van der Waals surface area contributed by atoms with Crippen molar-refractivity contribution in [2.45, 2.75) is 31.9 Å². The number of likely N-dealkylation sites (N-methyl/N-ethyl adjacent to an activating group) is 1. The number of anilines is 1. The number of hydrogen-bond acceptors (Lipinski definition) is 3. The predicted molar refractivity (Wildman–Crippen MR) is 83.2 cm³/mol. The molecule has 1 N–H and O–H groups in total. The van der Waals surface area contributed by atoms with Gasteiger partial charge in [0.1, 0.15) is 11.5 Å². The summed E-state index contributed by atoms with van der Waals surface area (Å²) in [5.41, 5.74) is 4.53. The van der Waals surface area contributed by atoms with Crippen molar-refractivity contribution >= 4 is 5.69 Å². The molecule has 2 atom stereocenters. The van der Waals surface area contributed by atoms with E-state index >= 15 is 0 Å². The number of hydrogen-bond donors (Lipinski definition) is 1. The van der Waals surface area contributed by atoms with Gasteiger partial charge in [-0.05, 0) is 49.6 Å². The maximum absolute atomic E-state index is 9.98. The molecule has 0 radical (unpaired) electrons. The number of rotatable bonds is 0. The van der Waals surface area contributed by atoms with Gasteiger partial charge in [0.15, 0.2) is 6.23 Å². The third-order valence-electron chi connectivity index (χ3n) is 5.11. The Morgan fingerprint density at radius 1 is 1.24 bits per heavy atom. The van der Waals surface area contributed by atoms with E-state index in [9.17, 15) is 5.11 Å². The standard InChI is InChI=1S/C18H19NO2/c1-11-12-10-18(2)13-6-4-5-7-14(13)19(3)17(18)21-16(12)9-8-15(11)20/h4-9,17,20H,10H2,1-3H3. The van der Waals surface area contributed by atoms with E-state index in [2.05, 4.69) is 43.1 Å². The average molecular weight is 281 g/mol. The number of nitrogens with zero attached hydrogens (tertiary/aromatic N) is 1. The van der Waals surface area contributed by atoms with Gasteiger partial charge in [0.25, 0.3) is 0 Å². The number of fused-ring (bicyclic) bond motifs is 4. The van der Waals surface area contributed by atoms with Crippen LogP contribution in [0.3, 0.4) is 0 Å². The van der Waals surface area contributed by atoms with Crippen molar-refractivity contribution in [3.8, 4) is 11.5 Å². The second-order valence-electron chi connectivity index (χ2n) is 6.38. The van der Waals surface area contributed by atoms with Crippen molar-refractivity contribution in [2.24, 2.45) is 0 Å². The molecule has 0 saturated heterocycles. The Morgan fingerprint density at radius 2 is 2.00 bits per heavy atom. The van der Waals surface area contributed by atoms with Crippen molar-refractivity contribution in [1.82, 2.24) is 0 Å². The van der Waals surface area contributed by atoms with Crippen LogP contribution in [-0.4, -0.2) is 18.4 Å². The number of ether oxygens (including phenoxy) is 1. The first-order valence-electron chi connectivity index (χ1n) is 7.33. The minimum absolute atomic E-state index is 0.00587. The maximum Gasteiger partial charge on any atom is 0.182 e. The van der Waals surface area contributed by atoms with Crippen LogP contribution in [0, 0.1) is 6.92 Å². The molecule has 0 fully saturated rings. The molecule has 2 aromatic carbocycles. The zero-order chi connectivity index (χ0) is 14.8. The van der Waals surface area contributed by atoms with E-state index in [0.717, 1.165) is 23.3 Å². The lowest BCUT2D eigenvalue weighted by molar-refractivity contribution is 0.107. The molecule has 3 nitrogen and oxygen atoms in total. The quantitative estimate of drug-likeness (QED) is 0.803. The number of benzene rings is 2. The van der Waals surface area contributed by atoms with Gasteiger partial charge in [-0.2, -0.15) is 0 Å². The number of para-hydroxylation sites is 1. The molecular formula is C18H19NO2. The van der Waals surface area contributed by atoms with E-state index in [0.29, 0.717) is 5.75 Å². The predicted octanol–water partition coefficient (Wildman–Crippen LogP) is 3.37. The fourth-order valence-corrected chi connectivity index (χ4v) is 3.88. The van der Waals surface area contributed by atoms with Crippen LogP contribution in [-0.2, 0) is 11.8 Å². The average Bonchev–Trinajstić information content (AvgIpc) is 2.71. The summed E-state index contributed by atoms with van der Waals surface area (Å²) in [5.74, 6) is 1.24. The monoisotopic (exact) mass is 281 g/mol. The Balaban J connectivity index is 1.91. The van der Waals surface area contributed by atoms with Crippen molar-refractivity contribution in [2.75, 3.05) is 11.9 Å². The Morgan fingerprint density at radius 3 is 2.81 bits per heavy atom. The summed E-state index contributed by atoms with van der Waals surface area (Å²) < 4.78 is 6.30. The SMILES string of the molecule is Cc1c(O)ccc2c1CC1(C)c3ccccc3N(C)C1O2. The van der Waals surface area contributed by atoms with Crippen molar-refractivity contribution in [3.63, 3.8) is 0 Å². The maximum atomic E-state index is 9.98. The molecule has 0 aliphatic carbocycles. The topological polar surface area (TPSA) is 32.7 Å². The fourth-order valence-electron chi connectivity index (χ4n) is 3.88. The summed E-state index contributed by atoms with van der Waals surface area (Å²) in [6.07, 6.45) is 0.889. The second-order valence-corrected chi connectivity index (χ2v) is 6.38. The molecule has 0 spiro atoms. The lowest BCUT2D eigenvalue weighted by Gasteiger charge is -2.40. The van der Waals surface area contributed by atoms with Gasteiger partial charge in [-0.3, -0.25) is 0 Å². The van der Waals surface area contributed by atoms with Crippen LogP contribution in [0.1, 0.15) is 23.6 Å². The van der Waals surface area contributed by atoms with E-state index < -0.39 is 0 Å². The molecule has 2 aliphatic rings. The lowest BCUT2D eigenvalue weighted by atomic mass is 9.75. The highest BCUT2D eigenvalue weighted by Gasteiger charge is 2.51. The van der Waals surface area contributed by atoms with Crippen molar-refractivity contribution in [1.29, 1.82) is 0 Å². The Hall–Kier alpha value is -2.16. The number of aromatic hydroxyl groups is 1. The molecular weight excluding hydrogens is 262 g/mol. The molecule has 108 valence electrons. The zero-order valence-electron chi connectivity index (χ0n) is 12.6. The number of phenolic OH excluding ortho intramolecular Hbond substituents is 1. The summed E-state index contributed by atoms with van der Waals surface area (Å²) in [5, 5.41) is 9.98. The third-order valence-corrected chi connectivity index (χ3v) is 5.11. The molecule has 0 bridgehead atoms. The lowest BCUT2D eigenvalue weighted by Crippen LogP contribution is -2.49. The summed E-state index contributed by atoms with van der Waals surface area (Å²) in [6.45, 7) is 4.22. The fraction of sp³-hybridized carbons (Fsp3) is 0.333. The van der Waals surface area contributed by atoms with Gasteiger partial charge in [0, 0.05) is 18.3 Å². The summed E-state index contributed by atoms with van der Waals surface area (Å²) >= 11 is 0. The smallest absolute Gasteiger partial charge is 0.182 e. The van der Waals surface area contributed by atoms with Crippen LogP contribution in [0.25, 0.3) is 0 Å². The van der Waals surface area contributed by atoms with Gasteiger partial charge in [-0.15, -0.1) is 0 Å². The van der Waals surface area contributed by atoms with Crippen LogP contribution in [0.2, 0.25) is 0 Å². The van der Waals surface area contributed by atoms with Crippen LogP contribution in [0.4, 0.5) is 5.69 Å². The molecule has 4 rings (SSSR count). The minimum atomic E-state index is -0.0864. The van der Waals surface area contributed by atoms with Gasteiger partial charge < -0.3 is 14.7 Å². The third kappa shape index (κ3) is 1.49. The van der Waals surface area contributed by atoms with Crippen LogP contribution in [0.15, 0.2) is 36.4 Å². The highest BCUT2D eigenvalue weighted by molar-refractivity contribution is 5.65. The first-order valence-corrected chi connectivity index (χ1v) is 7.33. The molecule has 0 aromatic heterocycles. The highest BCUT2D eigenvalue weighted by atomic mass is 16.5. The Bertz CT molecular complexity index is 740. The first kappa shape index (κ1) is 12.6. The summed E-state index contributed by atoms with van der Waals surface area (Å²) in [7, 11) is 2.09. The molecule has 2 aromatic rings. The second kappa shape index (κ2) is 3.94. The first-order chi connectivity index (χ1) is 10.0. The molecule has 2 heterocycles. The molecule has 0 amide bonds. The van der Waals surface area contributed by atoms with E-state index in [1.807, 2.05) is 13.0 Å². The van der Waals surface area contributed by atoms with E-state index in [1.54, 1.807) is 6.07 Å². The van der Waals surface area contributed by atoms with Gasteiger partial charge in [-0.1, -0.05) is 18.2 Å². The van der Waals surface area contributed by atoms with E-state index in [-0.39, 0.29) is 11.6 Å². The normalized spacial score (nSPS) is 25.9. The highest BCUT2D eigenvalue weighted by Crippen LogP contribution is 2.51. The van der Waals surface area contributed by atoms with Crippen LogP contribution < -0.4 is 9.64 Å². The van der Waals surface area contributed by atoms with E-state index in [4.69, 9.17) is 4.74 Å².